The molecule has 5 aromatic rings. The van der Waals surface area contributed by atoms with Gasteiger partial charge in [0.2, 0.25) is 21.8 Å². The van der Waals surface area contributed by atoms with Crippen LogP contribution < -0.4 is 10.6 Å². The monoisotopic (exact) mass is 710 g/mol. The molecular formula is C33H29ClF2N6O6S. The van der Waals surface area contributed by atoms with Gasteiger partial charge in [0.15, 0.2) is 17.5 Å². The average molecular weight is 711 g/mol. The molecule has 49 heavy (non-hydrogen) atoms. The van der Waals surface area contributed by atoms with E-state index in [0.717, 1.165) is 8.99 Å². The molecule has 0 saturated carbocycles. The van der Waals surface area contributed by atoms with Gasteiger partial charge in [0.05, 0.1) is 16.9 Å². The number of benzene rings is 3. The largest absolute Gasteiger partial charge is 0.365 e. The Morgan fingerprint density at radius 3 is 2.55 bits per heavy atom. The number of sulfonamides is 1. The smallest absolute Gasteiger partial charge is 0.243 e. The van der Waals surface area contributed by atoms with Crippen molar-refractivity contribution in [2.75, 3.05) is 17.2 Å². The number of hydrogen-bond donors (Lipinski definition) is 2. The van der Waals surface area contributed by atoms with E-state index >= 15 is 4.39 Å². The average Bonchev–Trinajstić information content (AvgIpc) is 3.81. The van der Waals surface area contributed by atoms with Crippen LogP contribution in [0, 0.1) is 5.82 Å². The highest BCUT2D eigenvalue weighted by molar-refractivity contribution is 7.88. The topological polar surface area (TPSA) is 156 Å². The van der Waals surface area contributed by atoms with Crippen molar-refractivity contribution in [3.05, 3.63) is 95.2 Å². The fourth-order valence-corrected chi connectivity index (χ4v) is 7.56. The molecule has 0 unspecified atom stereocenters. The van der Waals surface area contributed by atoms with Crippen LogP contribution in [0.25, 0.3) is 22.0 Å². The number of fused-ring (bicyclic) bond motifs is 1. The van der Waals surface area contributed by atoms with Gasteiger partial charge in [-0.2, -0.15) is 9.40 Å². The molecule has 0 spiro atoms. The van der Waals surface area contributed by atoms with E-state index in [1.807, 2.05) is 0 Å². The van der Waals surface area contributed by atoms with Crippen molar-refractivity contribution in [3.63, 3.8) is 0 Å². The van der Waals surface area contributed by atoms with Crippen LogP contribution in [-0.2, 0) is 31.9 Å². The lowest BCUT2D eigenvalue weighted by atomic mass is 10.0. The number of amides is 2. The van der Waals surface area contributed by atoms with Gasteiger partial charge in [0, 0.05) is 66.0 Å². The predicted molar refractivity (Wildman–Crippen MR) is 178 cm³/mol. The zero-order valence-electron chi connectivity index (χ0n) is 25.9. The molecule has 16 heteroatoms. The second-order valence-electron chi connectivity index (χ2n) is 11.5. The second-order valence-corrected chi connectivity index (χ2v) is 13.8. The molecule has 3 heterocycles. The summed E-state index contributed by atoms with van der Waals surface area (Å²) in [5.41, 5.74) is 1.45. The fourth-order valence-electron chi connectivity index (χ4n) is 5.71. The first-order chi connectivity index (χ1) is 23.4. The quantitative estimate of drug-likeness (QED) is 0.168. The lowest BCUT2D eigenvalue weighted by molar-refractivity contribution is -0.119. The highest BCUT2D eigenvalue weighted by Gasteiger charge is 2.44. The predicted octanol–water partition coefficient (Wildman–Crippen LogP) is 5.60. The van der Waals surface area contributed by atoms with Gasteiger partial charge in [-0.1, -0.05) is 47.1 Å². The number of rotatable bonds is 11. The van der Waals surface area contributed by atoms with Crippen molar-refractivity contribution in [3.8, 4) is 11.1 Å². The summed E-state index contributed by atoms with van der Waals surface area (Å²) in [7, 11) is -4.43. The van der Waals surface area contributed by atoms with E-state index in [2.05, 4.69) is 20.9 Å². The van der Waals surface area contributed by atoms with Crippen LogP contribution in [-0.4, -0.2) is 64.0 Å². The second kappa shape index (κ2) is 13.9. The van der Waals surface area contributed by atoms with Gasteiger partial charge in [0.25, 0.3) is 0 Å². The molecule has 1 saturated heterocycles. The number of anilines is 2. The summed E-state index contributed by atoms with van der Waals surface area (Å²) >= 11 is 6.24. The highest BCUT2D eigenvalue weighted by atomic mass is 35.5. The number of aryl methyl sites for hydroxylation is 1. The van der Waals surface area contributed by atoms with Crippen LogP contribution in [0.3, 0.4) is 0 Å². The van der Waals surface area contributed by atoms with Gasteiger partial charge >= 0.3 is 0 Å². The van der Waals surface area contributed by atoms with E-state index in [9.17, 15) is 27.2 Å². The Bertz CT molecular complexity index is 2180. The third kappa shape index (κ3) is 7.23. The summed E-state index contributed by atoms with van der Waals surface area (Å²) in [5, 5.41) is 13.7. The number of carbonyl (C=O) groups excluding carboxylic acids is 3. The number of aromatic nitrogens is 3. The maximum Gasteiger partial charge on any atom is 0.243 e. The lowest BCUT2D eigenvalue weighted by Crippen LogP contribution is -2.44. The summed E-state index contributed by atoms with van der Waals surface area (Å²) in [5.74, 6) is -3.32. The van der Waals surface area contributed by atoms with Crippen molar-refractivity contribution in [2.24, 2.45) is 0 Å². The Labute approximate surface area is 284 Å². The first kappa shape index (κ1) is 33.9. The number of Topliss-reactive ketones (excluding diaryl/α,β-unsaturated/α-hetero) is 1. The number of halogens is 3. The van der Waals surface area contributed by atoms with Gasteiger partial charge in [0.1, 0.15) is 24.2 Å². The van der Waals surface area contributed by atoms with E-state index in [0.29, 0.717) is 23.4 Å². The molecule has 1 aliphatic rings. The summed E-state index contributed by atoms with van der Waals surface area (Å²) in [6.07, 6.45) is -0.252. The third-order valence-corrected chi connectivity index (χ3v) is 10.1. The molecule has 2 atom stereocenters. The normalized spacial score (nSPS) is 16.6. The molecule has 3 aromatic carbocycles. The fraction of sp³-hybridized carbons (Fsp3) is 0.242. The van der Waals surface area contributed by atoms with Crippen LogP contribution >= 0.6 is 11.6 Å². The SMILES string of the molecule is CC(=O)c1nn(CS(=O)(=O)N2C[C@H](F)C[C@H]2C(=O)Nc2cccc(-c3ccccc3Cl)c2F)c2ccc(NC(=O)CCc3ccon3)cc12. The number of hydrogen-bond acceptors (Lipinski definition) is 8. The number of alkyl halides is 1. The van der Waals surface area contributed by atoms with Crippen LogP contribution in [0.15, 0.2) is 77.5 Å². The van der Waals surface area contributed by atoms with Crippen molar-refractivity contribution < 1.29 is 36.1 Å². The molecule has 0 radical (unpaired) electrons. The van der Waals surface area contributed by atoms with Gasteiger partial charge in [-0.3, -0.25) is 14.4 Å². The van der Waals surface area contributed by atoms with E-state index < -0.39 is 58.6 Å². The standard InChI is InChI=1S/C33H29ClF2N6O6S/c1-19(43)32-25-16-22(37-30(44)12-10-21-13-14-48-40-21)9-11-28(25)41(39-32)18-49(46,47)42-17-20(35)15-29(42)33(45)38-27-8-4-6-24(31(27)36)23-5-2-3-7-26(23)34/h2-9,11,13-14,16,20,29H,10,12,15,17-18H2,1H3,(H,37,44)(H,38,45)/t20-,29+/m1/s1. The minimum atomic E-state index is -4.43. The summed E-state index contributed by atoms with van der Waals surface area (Å²) in [6.45, 7) is 0.657. The van der Waals surface area contributed by atoms with Gasteiger partial charge < -0.3 is 15.2 Å². The van der Waals surface area contributed by atoms with E-state index in [1.165, 1.54) is 49.6 Å². The molecule has 0 bridgehead atoms. The first-order valence-electron chi connectivity index (χ1n) is 15.1. The molecule has 2 N–H and O–H groups in total. The van der Waals surface area contributed by atoms with Crippen molar-refractivity contribution >= 4 is 61.5 Å². The van der Waals surface area contributed by atoms with E-state index in [4.69, 9.17) is 16.1 Å². The number of nitrogens with one attached hydrogen (secondary N) is 2. The zero-order chi connectivity index (χ0) is 34.9. The number of nitrogens with zero attached hydrogens (tertiary/aromatic N) is 4. The van der Waals surface area contributed by atoms with Crippen LogP contribution in [0.2, 0.25) is 5.02 Å². The Morgan fingerprint density at radius 1 is 1.04 bits per heavy atom. The molecule has 12 nitrogen and oxygen atoms in total. The molecule has 2 amide bonds. The Balaban J connectivity index is 1.21. The maximum atomic E-state index is 15.5. The number of ketones is 1. The van der Waals surface area contributed by atoms with Gasteiger partial charge in [-0.05, 0) is 30.3 Å². The molecule has 2 aromatic heterocycles. The Kier molecular flexibility index (Phi) is 9.59. The first-order valence-corrected chi connectivity index (χ1v) is 17.1. The van der Waals surface area contributed by atoms with Crippen molar-refractivity contribution in [1.82, 2.24) is 19.2 Å². The minimum Gasteiger partial charge on any atom is -0.365 e. The van der Waals surface area contributed by atoms with E-state index in [-0.39, 0.29) is 45.2 Å². The molecule has 254 valence electrons. The Hall–Kier alpha value is -4.99. The third-order valence-electron chi connectivity index (χ3n) is 8.04. The molecule has 6 rings (SSSR count). The van der Waals surface area contributed by atoms with Crippen LogP contribution in [0.4, 0.5) is 20.2 Å². The zero-order valence-corrected chi connectivity index (χ0v) is 27.5. The summed E-state index contributed by atoms with van der Waals surface area (Å²) in [6, 6.07) is 15.5. The molecular weight excluding hydrogens is 682 g/mol. The number of carbonyl (C=O) groups is 3. The van der Waals surface area contributed by atoms with E-state index in [1.54, 1.807) is 30.3 Å². The Morgan fingerprint density at radius 2 is 1.82 bits per heavy atom. The van der Waals surface area contributed by atoms with Crippen LogP contribution in [0.5, 0.6) is 0 Å². The summed E-state index contributed by atoms with van der Waals surface area (Å²) in [4.78, 5) is 38.4. The van der Waals surface area contributed by atoms with Gasteiger partial charge in [-0.15, -0.1) is 0 Å². The summed E-state index contributed by atoms with van der Waals surface area (Å²) < 4.78 is 64.4. The molecule has 1 aliphatic heterocycles. The van der Waals surface area contributed by atoms with Crippen LogP contribution in [0.1, 0.15) is 35.9 Å². The maximum absolute atomic E-state index is 15.5. The van der Waals surface area contributed by atoms with Crippen molar-refractivity contribution in [1.29, 1.82) is 0 Å². The van der Waals surface area contributed by atoms with Crippen molar-refractivity contribution in [2.45, 2.75) is 44.3 Å². The highest BCUT2D eigenvalue weighted by Crippen LogP contribution is 2.34. The lowest BCUT2D eigenvalue weighted by Gasteiger charge is -2.23. The molecule has 0 aliphatic carbocycles. The van der Waals surface area contributed by atoms with Gasteiger partial charge in [-0.25, -0.2) is 21.9 Å². The molecule has 1 fully saturated rings. The minimum absolute atomic E-state index is 0.0446.